The van der Waals surface area contributed by atoms with E-state index in [0.717, 1.165) is 59.6 Å². The molecule has 2 saturated heterocycles. The quantitative estimate of drug-likeness (QED) is 0.492. The Hall–Kier alpha value is -2.26. The van der Waals surface area contributed by atoms with Gasteiger partial charge in [-0.1, -0.05) is 17.7 Å². The van der Waals surface area contributed by atoms with Crippen molar-refractivity contribution in [3.8, 4) is 5.69 Å². The second-order valence-electron chi connectivity index (χ2n) is 8.62. The highest BCUT2D eigenvalue weighted by molar-refractivity contribution is 7.17. The van der Waals surface area contributed by atoms with Gasteiger partial charge in [-0.3, -0.25) is 0 Å². The summed E-state index contributed by atoms with van der Waals surface area (Å²) in [4.78, 5) is 11.8. The van der Waals surface area contributed by atoms with Gasteiger partial charge in [-0.15, -0.1) is 11.3 Å². The average Bonchev–Trinajstić information content (AvgIpc) is 3.50. The Balaban J connectivity index is 1.29. The van der Waals surface area contributed by atoms with Crippen molar-refractivity contribution >= 4 is 50.0 Å². The summed E-state index contributed by atoms with van der Waals surface area (Å²) in [5.41, 5.74) is 8.82. The molecule has 7 nitrogen and oxygen atoms in total. The Morgan fingerprint density at radius 1 is 1.23 bits per heavy atom. The zero-order chi connectivity index (χ0) is 21.2. The van der Waals surface area contributed by atoms with Crippen molar-refractivity contribution in [1.29, 1.82) is 0 Å². The normalized spacial score (nSPS) is 23.4. The minimum Gasteiger partial charge on any atom is -0.376 e. The highest BCUT2D eigenvalue weighted by Gasteiger charge is 2.47. The molecule has 0 unspecified atom stereocenters. The van der Waals surface area contributed by atoms with Gasteiger partial charge in [0.2, 0.25) is 0 Å². The molecule has 0 amide bonds. The van der Waals surface area contributed by atoms with Crippen molar-refractivity contribution in [3.05, 3.63) is 41.0 Å². The number of fused-ring (bicyclic) bond motifs is 2. The van der Waals surface area contributed by atoms with E-state index in [-0.39, 0.29) is 17.6 Å². The van der Waals surface area contributed by atoms with Crippen molar-refractivity contribution in [3.63, 3.8) is 0 Å². The Bertz CT molecular complexity index is 1280. The maximum Gasteiger partial charge on any atom is 0.181 e. The van der Waals surface area contributed by atoms with Gasteiger partial charge >= 0.3 is 0 Å². The fourth-order valence-electron chi connectivity index (χ4n) is 4.94. The van der Waals surface area contributed by atoms with E-state index < -0.39 is 0 Å². The summed E-state index contributed by atoms with van der Waals surface area (Å²) in [7, 11) is 0. The Morgan fingerprint density at radius 3 is 2.84 bits per heavy atom. The zero-order valence-corrected chi connectivity index (χ0v) is 18.7. The first-order chi connectivity index (χ1) is 15.1. The molecular weight excluding hydrogens is 432 g/mol. The molecular formula is C22H23ClN6OS. The number of thiophene rings is 1. The standard InChI is InChI=1S/C22H23ClN6OS/c1-13-20(24)22(12-30-13)5-7-28(8-6-22)17-11-25-21-15(27-17)10-26-29(21)16-3-2-14-4-9-31-19(14)18(16)23/h2-4,9-11,13,20H,5-8,12,24H2,1H3/t13-,20+/m0/s1. The number of piperidine rings is 1. The number of nitrogens with two attached hydrogens (primary N) is 1. The second kappa shape index (κ2) is 7.13. The van der Waals surface area contributed by atoms with Crippen LogP contribution in [0.15, 0.2) is 36.0 Å². The first-order valence-corrected chi connectivity index (χ1v) is 11.8. The van der Waals surface area contributed by atoms with Crippen molar-refractivity contribution in [2.75, 3.05) is 24.6 Å². The fourth-order valence-corrected chi connectivity index (χ4v) is 6.15. The zero-order valence-electron chi connectivity index (χ0n) is 17.2. The number of rotatable bonds is 2. The van der Waals surface area contributed by atoms with Crippen molar-refractivity contribution in [2.24, 2.45) is 11.1 Å². The maximum atomic E-state index is 6.68. The van der Waals surface area contributed by atoms with Gasteiger partial charge in [-0.25, -0.2) is 14.6 Å². The number of halogens is 1. The molecule has 3 aromatic heterocycles. The smallest absolute Gasteiger partial charge is 0.181 e. The molecule has 31 heavy (non-hydrogen) atoms. The molecule has 0 saturated carbocycles. The largest absolute Gasteiger partial charge is 0.376 e. The predicted octanol–water partition coefficient (Wildman–Crippen LogP) is 4.02. The minimum atomic E-state index is 0.0928. The summed E-state index contributed by atoms with van der Waals surface area (Å²) in [5.74, 6) is 0.877. The van der Waals surface area contributed by atoms with E-state index in [1.54, 1.807) is 22.2 Å². The first-order valence-electron chi connectivity index (χ1n) is 10.5. The first kappa shape index (κ1) is 19.4. The fraction of sp³-hybridized carbons (Fsp3) is 0.409. The molecule has 9 heteroatoms. The van der Waals surface area contributed by atoms with Gasteiger partial charge in [0.1, 0.15) is 11.3 Å². The van der Waals surface area contributed by atoms with Gasteiger partial charge in [0.15, 0.2) is 5.65 Å². The van der Waals surface area contributed by atoms with Crippen LogP contribution in [0.5, 0.6) is 0 Å². The third-order valence-electron chi connectivity index (χ3n) is 6.96. The van der Waals surface area contributed by atoms with Gasteiger partial charge in [-0.05, 0) is 42.7 Å². The van der Waals surface area contributed by atoms with Gasteiger partial charge in [0, 0.05) is 24.5 Å². The number of nitrogens with zero attached hydrogens (tertiary/aromatic N) is 5. The van der Waals surface area contributed by atoms with E-state index >= 15 is 0 Å². The molecule has 2 fully saturated rings. The summed E-state index contributed by atoms with van der Waals surface area (Å²) in [5, 5.41) is 8.41. The predicted molar refractivity (Wildman–Crippen MR) is 124 cm³/mol. The van der Waals surface area contributed by atoms with E-state index in [1.807, 2.05) is 17.6 Å². The molecule has 6 rings (SSSR count). The maximum absolute atomic E-state index is 6.68. The lowest BCUT2D eigenvalue weighted by Gasteiger charge is -2.41. The third kappa shape index (κ3) is 2.96. The number of aromatic nitrogens is 4. The minimum absolute atomic E-state index is 0.0928. The highest BCUT2D eigenvalue weighted by atomic mass is 35.5. The second-order valence-corrected chi connectivity index (χ2v) is 9.92. The van der Waals surface area contributed by atoms with Crippen LogP contribution in [0, 0.1) is 5.41 Å². The molecule has 2 N–H and O–H groups in total. The highest BCUT2D eigenvalue weighted by Crippen LogP contribution is 2.42. The number of hydrogen-bond donors (Lipinski definition) is 1. The summed E-state index contributed by atoms with van der Waals surface area (Å²) >= 11 is 8.31. The van der Waals surface area contributed by atoms with Crippen LogP contribution in [0.2, 0.25) is 5.02 Å². The molecule has 1 aromatic carbocycles. The molecule has 5 heterocycles. The topological polar surface area (TPSA) is 82.1 Å². The third-order valence-corrected chi connectivity index (χ3v) is 8.40. The van der Waals surface area contributed by atoms with Crippen LogP contribution >= 0.6 is 22.9 Å². The van der Waals surface area contributed by atoms with Crippen LogP contribution in [0.3, 0.4) is 0 Å². The molecule has 2 aliphatic rings. The van der Waals surface area contributed by atoms with Crippen LogP contribution in [-0.2, 0) is 4.74 Å². The SMILES string of the molecule is C[C@@H]1OCC2(CCN(c3cnc4c(cnn4-c4ccc5ccsc5c4Cl)n3)CC2)[C@@H]1N. The molecule has 1 spiro atoms. The number of anilines is 1. The Morgan fingerprint density at radius 2 is 2.06 bits per heavy atom. The van der Waals surface area contributed by atoms with Crippen molar-refractivity contribution in [1.82, 2.24) is 19.7 Å². The van der Waals surface area contributed by atoms with Gasteiger partial charge in [-0.2, -0.15) is 5.10 Å². The Kier molecular flexibility index (Phi) is 4.47. The van der Waals surface area contributed by atoms with Crippen LogP contribution in [-0.4, -0.2) is 51.6 Å². The van der Waals surface area contributed by atoms with Crippen LogP contribution in [0.4, 0.5) is 5.82 Å². The van der Waals surface area contributed by atoms with Crippen LogP contribution in [0.25, 0.3) is 26.9 Å². The van der Waals surface area contributed by atoms with Crippen molar-refractivity contribution in [2.45, 2.75) is 31.9 Å². The van der Waals surface area contributed by atoms with E-state index in [9.17, 15) is 0 Å². The van der Waals surface area contributed by atoms with Gasteiger partial charge < -0.3 is 15.4 Å². The summed E-state index contributed by atoms with van der Waals surface area (Å²) in [6.07, 6.45) is 5.74. The van der Waals surface area contributed by atoms with Crippen LogP contribution in [0.1, 0.15) is 19.8 Å². The van der Waals surface area contributed by atoms with E-state index in [0.29, 0.717) is 10.7 Å². The molecule has 0 radical (unpaired) electrons. The summed E-state index contributed by atoms with van der Waals surface area (Å²) < 4.78 is 8.67. The molecule has 160 valence electrons. The van der Waals surface area contributed by atoms with E-state index in [2.05, 4.69) is 29.1 Å². The van der Waals surface area contributed by atoms with Gasteiger partial charge in [0.05, 0.1) is 40.5 Å². The lowest BCUT2D eigenvalue weighted by Crippen LogP contribution is -2.50. The van der Waals surface area contributed by atoms with E-state index in [1.165, 1.54) is 0 Å². The summed E-state index contributed by atoms with van der Waals surface area (Å²) in [6.45, 7) is 4.64. The average molecular weight is 455 g/mol. The van der Waals surface area contributed by atoms with Crippen molar-refractivity contribution < 1.29 is 4.74 Å². The summed E-state index contributed by atoms with van der Waals surface area (Å²) in [6, 6.07) is 6.21. The lowest BCUT2D eigenvalue weighted by atomic mass is 9.73. The monoisotopic (exact) mass is 454 g/mol. The van der Waals surface area contributed by atoms with Crippen LogP contribution < -0.4 is 10.6 Å². The molecule has 0 bridgehead atoms. The molecule has 2 atom stereocenters. The number of hydrogen-bond acceptors (Lipinski definition) is 7. The Labute approximate surface area is 188 Å². The number of ether oxygens (including phenoxy) is 1. The van der Waals surface area contributed by atoms with Gasteiger partial charge in [0.25, 0.3) is 0 Å². The lowest BCUT2D eigenvalue weighted by molar-refractivity contribution is 0.0974. The molecule has 0 aliphatic carbocycles. The molecule has 2 aliphatic heterocycles. The number of benzene rings is 1. The van der Waals surface area contributed by atoms with E-state index in [4.69, 9.17) is 32.0 Å². The molecule has 4 aromatic rings.